The van der Waals surface area contributed by atoms with Gasteiger partial charge in [-0.15, -0.1) is 0 Å². The number of hydrogen-bond acceptors (Lipinski definition) is 5. The number of imide groups is 1. The molecule has 152 valence electrons. The summed E-state index contributed by atoms with van der Waals surface area (Å²) < 4.78 is 40.0. The molecule has 2 heterocycles. The minimum atomic E-state index is -4.85. The van der Waals surface area contributed by atoms with Crippen molar-refractivity contribution in [2.24, 2.45) is 0 Å². The van der Waals surface area contributed by atoms with E-state index in [0.29, 0.717) is 32.0 Å². The monoisotopic (exact) mass is 407 g/mol. The van der Waals surface area contributed by atoms with Gasteiger partial charge in [-0.05, 0) is 18.9 Å². The van der Waals surface area contributed by atoms with Gasteiger partial charge in [0, 0.05) is 18.7 Å². The van der Waals surface area contributed by atoms with E-state index >= 15 is 0 Å². The van der Waals surface area contributed by atoms with Gasteiger partial charge in [0.1, 0.15) is 11.4 Å². The SMILES string of the molecule is N=C(c1cc(C(F)(F)F)nc(-c2ccccc2)n1)N(C(=O)O)C(=O)N1CCCC1. The Labute approximate surface area is 163 Å². The van der Waals surface area contributed by atoms with E-state index in [0.717, 1.165) is 0 Å². The molecule has 0 aliphatic carbocycles. The zero-order valence-corrected chi connectivity index (χ0v) is 15.0. The molecule has 1 aromatic heterocycles. The first kappa shape index (κ1) is 20.2. The number of likely N-dealkylation sites (tertiary alicyclic amines) is 1. The first-order valence-corrected chi connectivity index (χ1v) is 8.61. The van der Waals surface area contributed by atoms with Crippen molar-refractivity contribution in [3.8, 4) is 11.4 Å². The van der Waals surface area contributed by atoms with Crippen molar-refractivity contribution in [1.29, 1.82) is 5.41 Å². The van der Waals surface area contributed by atoms with Crippen LogP contribution in [0.3, 0.4) is 0 Å². The van der Waals surface area contributed by atoms with Crippen LogP contribution in [0.5, 0.6) is 0 Å². The number of nitrogens with one attached hydrogen (secondary N) is 1. The molecule has 1 aliphatic heterocycles. The van der Waals surface area contributed by atoms with Gasteiger partial charge < -0.3 is 10.0 Å². The van der Waals surface area contributed by atoms with Crippen LogP contribution in [0.25, 0.3) is 11.4 Å². The molecule has 0 bridgehead atoms. The van der Waals surface area contributed by atoms with Crippen LogP contribution in [0.4, 0.5) is 22.8 Å². The molecule has 11 heteroatoms. The summed E-state index contributed by atoms with van der Waals surface area (Å²) in [5, 5.41) is 17.5. The minimum absolute atomic E-state index is 0.0998. The highest BCUT2D eigenvalue weighted by Crippen LogP contribution is 2.30. The zero-order chi connectivity index (χ0) is 21.2. The molecule has 29 heavy (non-hydrogen) atoms. The summed E-state index contributed by atoms with van der Waals surface area (Å²) in [5.41, 5.74) is -1.72. The molecular formula is C18H16F3N5O3. The maximum absolute atomic E-state index is 13.3. The number of carboxylic acid groups (broad SMARTS) is 1. The minimum Gasteiger partial charge on any atom is -0.464 e. The number of aromatic nitrogens is 2. The second-order valence-corrected chi connectivity index (χ2v) is 6.27. The number of rotatable bonds is 2. The Hall–Kier alpha value is -3.50. The Bertz CT molecular complexity index is 944. The van der Waals surface area contributed by atoms with E-state index in [1.165, 1.54) is 17.0 Å². The van der Waals surface area contributed by atoms with Crippen LogP contribution < -0.4 is 0 Å². The lowest BCUT2D eigenvalue weighted by molar-refractivity contribution is -0.141. The number of carbonyl (C=O) groups excluding carboxylic acids is 1. The molecule has 1 aromatic carbocycles. The van der Waals surface area contributed by atoms with E-state index in [2.05, 4.69) is 9.97 Å². The van der Waals surface area contributed by atoms with E-state index in [1.807, 2.05) is 0 Å². The van der Waals surface area contributed by atoms with Gasteiger partial charge in [-0.2, -0.15) is 18.1 Å². The standard InChI is InChI=1S/C18H16F3N5O3/c19-18(20,21)13-10-12(23-15(24-13)11-6-2-1-3-7-11)14(22)26(17(28)29)16(27)25-8-4-5-9-25/h1-3,6-7,10,22H,4-5,8-9H2,(H,28,29). The number of amides is 3. The predicted octanol–water partition coefficient (Wildman–Crippen LogP) is 3.68. The highest BCUT2D eigenvalue weighted by Gasteiger charge is 2.37. The molecule has 1 fully saturated rings. The number of nitrogens with zero attached hydrogens (tertiary/aromatic N) is 4. The fourth-order valence-corrected chi connectivity index (χ4v) is 2.87. The van der Waals surface area contributed by atoms with Crippen molar-refractivity contribution in [3.05, 3.63) is 47.8 Å². The molecule has 2 aromatic rings. The van der Waals surface area contributed by atoms with E-state index in [9.17, 15) is 27.9 Å². The van der Waals surface area contributed by atoms with Gasteiger partial charge in [-0.25, -0.2) is 19.6 Å². The smallest absolute Gasteiger partial charge is 0.433 e. The normalized spacial score (nSPS) is 14.0. The van der Waals surface area contributed by atoms with Crippen molar-refractivity contribution in [2.45, 2.75) is 19.0 Å². The molecule has 0 radical (unpaired) electrons. The topological polar surface area (TPSA) is 110 Å². The van der Waals surface area contributed by atoms with Crippen molar-refractivity contribution in [1.82, 2.24) is 19.8 Å². The van der Waals surface area contributed by atoms with Crippen LogP contribution in [0.15, 0.2) is 36.4 Å². The van der Waals surface area contributed by atoms with Crippen LogP contribution in [0, 0.1) is 5.41 Å². The molecule has 1 aliphatic rings. The average molecular weight is 407 g/mol. The number of halogens is 3. The molecule has 0 unspecified atom stereocenters. The van der Waals surface area contributed by atoms with Crippen LogP contribution in [0.1, 0.15) is 24.2 Å². The van der Waals surface area contributed by atoms with Crippen molar-refractivity contribution >= 4 is 18.0 Å². The van der Waals surface area contributed by atoms with Crippen molar-refractivity contribution in [2.75, 3.05) is 13.1 Å². The fraction of sp³-hybridized carbons (Fsp3) is 0.278. The number of benzene rings is 1. The lowest BCUT2D eigenvalue weighted by Crippen LogP contribution is -2.48. The number of carbonyl (C=O) groups is 2. The fourth-order valence-electron chi connectivity index (χ4n) is 2.87. The third kappa shape index (κ3) is 4.33. The lowest BCUT2D eigenvalue weighted by Gasteiger charge is -2.24. The highest BCUT2D eigenvalue weighted by atomic mass is 19.4. The highest BCUT2D eigenvalue weighted by molar-refractivity contribution is 6.14. The first-order chi connectivity index (χ1) is 13.7. The third-order valence-electron chi connectivity index (χ3n) is 4.27. The predicted molar refractivity (Wildman–Crippen MR) is 95.4 cm³/mol. The molecule has 0 spiro atoms. The molecule has 8 nitrogen and oxygen atoms in total. The zero-order valence-electron chi connectivity index (χ0n) is 15.0. The summed E-state index contributed by atoms with van der Waals surface area (Å²) in [4.78, 5) is 32.9. The average Bonchev–Trinajstić information content (AvgIpc) is 3.22. The molecule has 2 N–H and O–H groups in total. The van der Waals surface area contributed by atoms with Gasteiger partial charge in [-0.3, -0.25) is 5.41 Å². The summed E-state index contributed by atoms with van der Waals surface area (Å²) >= 11 is 0. The number of urea groups is 1. The number of hydrogen-bond donors (Lipinski definition) is 2. The van der Waals surface area contributed by atoms with Crippen LogP contribution in [-0.4, -0.2) is 55.9 Å². The van der Waals surface area contributed by atoms with Crippen molar-refractivity contribution in [3.63, 3.8) is 0 Å². The van der Waals surface area contributed by atoms with Gasteiger partial charge in [0.15, 0.2) is 11.7 Å². The van der Waals surface area contributed by atoms with Gasteiger partial charge in [0.2, 0.25) is 0 Å². The van der Waals surface area contributed by atoms with Gasteiger partial charge in [0.25, 0.3) is 0 Å². The summed E-state index contributed by atoms with van der Waals surface area (Å²) in [6.07, 6.45) is -5.28. The van der Waals surface area contributed by atoms with Gasteiger partial charge in [-0.1, -0.05) is 30.3 Å². The summed E-state index contributed by atoms with van der Waals surface area (Å²) in [6.45, 7) is 0.617. The lowest BCUT2D eigenvalue weighted by atomic mass is 10.2. The van der Waals surface area contributed by atoms with Crippen molar-refractivity contribution < 1.29 is 27.9 Å². The Morgan fingerprint density at radius 2 is 1.72 bits per heavy atom. The van der Waals surface area contributed by atoms with Crippen LogP contribution in [-0.2, 0) is 6.18 Å². The summed E-state index contributed by atoms with van der Waals surface area (Å²) in [5.74, 6) is -1.31. The molecule has 1 saturated heterocycles. The Kier molecular flexibility index (Phi) is 5.48. The first-order valence-electron chi connectivity index (χ1n) is 8.61. The molecule has 3 rings (SSSR count). The largest absolute Gasteiger partial charge is 0.464 e. The molecular weight excluding hydrogens is 391 g/mol. The second-order valence-electron chi connectivity index (χ2n) is 6.27. The number of amidine groups is 1. The van der Waals surface area contributed by atoms with E-state index in [4.69, 9.17) is 5.41 Å². The Balaban J connectivity index is 2.06. The van der Waals surface area contributed by atoms with Crippen LogP contribution >= 0.6 is 0 Å². The summed E-state index contributed by atoms with van der Waals surface area (Å²) in [6, 6.07) is 7.23. The maximum atomic E-state index is 13.3. The van der Waals surface area contributed by atoms with Crippen LogP contribution in [0.2, 0.25) is 0 Å². The number of alkyl halides is 3. The third-order valence-corrected chi connectivity index (χ3v) is 4.27. The quantitative estimate of drug-likeness (QED) is 0.583. The Morgan fingerprint density at radius 3 is 2.28 bits per heavy atom. The van der Waals surface area contributed by atoms with Gasteiger partial charge in [0.05, 0.1) is 0 Å². The van der Waals surface area contributed by atoms with E-state index in [-0.39, 0.29) is 16.3 Å². The van der Waals surface area contributed by atoms with E-state index < -0.39 is 35.5 Å². The summed E-state index contributed by atoms with van der Waals surface area (Å²) in [7, 11) is 0. The second kappa shape index (κ2) is 7.86. The molecule has 0 saturated carbocycles. The molecule has 0 atom stereocenters. The Morgan fingerprint density at radius 1 is 1.10 bits per heavy atom. The maximum Gasteiger partial charge on any atom is 0.433 e. The van der Waals surface area contributed by atoms with E-state index in [1.54, 1.807) is 18.2 Å². The van der Waals surface area contributed by atoms with Gasteiger partial charge >= 0.3 is 18.3 Å². The molecule has 3 amide bonds.